The van der Waals surface area contributed by atoms with Crippen molar-refractivity contribution in [1.82, 2.24) is 9.47 Å². The van der Waals surface area contributed by atoms with Crippen LogP contribution < -0.4 is 5.49 Å². The van der Waals surface area contributed by atoms with Crippen LogP contribution >= 0.6 is 0 Å². The van der Waals surface area contributed by atoms with Crippen LogP contribution in [0.1, 0.15) is 19.4 Å². The number of hydrogen-bond acceptors (Lipinski definition) is 1. The van der Waals surface area contributed by atoms with E-state index in [9.17, 15) is 0 Å². The molecule has 0 saturated carbocycles. The molecular formula is C18H24N4. The zero-order valence-corrected chi connectivity index (χ0v) is 13.8. The van der Waals surface area contributed by atoms with Crippen molar-refractivity contribution in [1.29, 1.82) is 0 Å². The normalized spacial score (nSPS) is 12.5. The highest BCUT2D eigenvalue weighted by atomic mass is 15.3. The molecule has 22 heavy (non-hydrogen) atoms. The first-order chi connectivity index (χ1) is 10.7. The maximum atomic E-state index is 4.83. The van der Waals surface area contributed by atoms with Gasteiger partial charge in [0.25, 0.3) is 0 Å². The van der Waals surface area contributed by atoms with Gasteiger partial charge in [-0.25, -0.2) is 4.99 Å². The van der Waals surface area contributed by atoms with Gasteiger partial charge in [-0.1, -0.05) is 24.3 Å². The average Bonchev–Trinajstić information content (AvgIpc) is 2.53. The van der Waals surface area contributed by atoms with Crippen molar-refractivity contribution < 1.29 is 0 Å². The molecular weight excluding hydrogens is 272 g/mol. The molecule has 0 radical (unpaired) electrons. The quantitative estimate of drug-likeness (QED) is 0.632. The third-order valence-electron chi connectivity index (χ3n) is 3.58. The predicted molar refractivity (Wildman–Crippen MR) is 92.2 cm³/mol. The number of benzene rings is 1. The molecule has 4 nitrogen and oxygen atoms in total. The molecule has 0 fully saturated rings. The number of rotatable bonds is 3. The maximum absolute atomic E-state index is 4.83. The molecule has 0 unspecified atom stereocenters. The number of pyridine rings is 1. The SMILES string of the molecule is CCN(CC)C(=Nc1ccccc1)N=c1c(C)cccn1C. The van der Waals surface area contributed by atoms with Gasteiger partial charge in [0.2, 0.25) is 5.96 Å². The van der Waals surface area contributed by atoms with Gasteiger partial charge < -0.3 is 9.47 Å². The molecule has 1 heterocycles. The summed E-state index contributed by atoms with van der Waals surface area (Å²) in [7, 11) is 2.01. The summed E-state index contributed by atoms with van der Waals surface area (Å²) in [5.74, 6) is 0.751. The number of aromatic nitrogens is 1. The van der Waals surface area contributed by atoms with Crippen molar-refractivity contribution >= 4 is 11.6 Å². The topological polar surface area (TPSA) is 32.9 Å². The number of aliphatic imine (C=N–C) groups is 1. The van der Waals surface area contributed by atoms with Crippen molar-refractivity contribution in [2.24, 2.45) is 17.0 Å². The van der Waals surface area contributed by atoms with Crippen LogP contribution in [0, 0.1) is 6.92 Å². The second-order valence-corrected chi connectivity index (χ2v) is 5.16. The third kappa shape index (κ3) is 3.85. The maximum Gasteiger partial charge on any atom is 0.227 e. The van der Waals surface area contributed by atoms with Crippen LogP contribution in [0.15, 0.2) is 58.6 Å². The van der Waals surface area contributed by atoms with Crippen molar-refractivity contribution in [2.75, 3.05) is 13.1 Å². The lowest BCUT2D eigenvalue weighted by Gasteiger charge is -2.20. The predicted octanol–water partition coefficient (Wildman–Crippen LogP) is 3.26. The molecule has 0 atom stereocenters. The summed E-state index contributed by atoms with van der Waals surface area (Å²) in [6, 6.07) is 14.1. The lowest BCUT2D eigenvalue weighted by Crippen LogP contribution is -2.32. The Kier molecular flexibility index (Phi) is 5.53. The monoisotopic (exact) mass is 296 g/mol. The lowest BCUT2D eigenvalue weighted by atomic mass is 10.3. The van der Waals surface area contributed by atoms with E-state index < -0.39 is 0 Å². The first kappa shape index (κ1) is 16.0. The van der Waals surface area contributed by atoms with E-state index in [0.717, 1.165) is 35.8 Å². The molecule has 0 spiro atoms. The average molecular weight is 296 g/mol. The van der Waals surface area contributed by atoms with Crippen LogP contribution in [0.3, 0.4) is 0 Å². The molecule has 0 bridgehead atoms. The van der Waals surface area contributed by atoms with E-state index in [1.54, 1.807) is 0 Å². The zero-order valence-electron chi connectivity index (χ0n) is 13.8. The van der Waals surface area contributed by atoms with E-state index in [0.29, 0.717) is 0 Å². The van der Waals surface area contributed by atoms with E-state index in [1.807, 2.05) is 54.2 Å². The lowest BCUT2D eigenvalue weighted by molar-refractivity contribution is 0.459. The fourth-order valence-electron chi connectivity index (χ4n) is 2.29. The Morgan fingerprint density at radius 2 is 1.73 bits per heavy atom. The van der Waals surface area contributed by atoms with E-state index in [2.05, 4.69) is 31.7 Å². The van der Waals surface area contributed by atoms with E-state index in [4.69, 9.17) is 9.98 Å². The molecule has 0 aliphatic carbocycles. The van der Waals surface area contributed by atoms with Gasteiger partial charge in [-0.05, 0) is 44.5 Å². The van der Waals surface area contributed by atoms with E-state index in [1.165, 1.54) is 0 Å². The number of aryl methyl sites for hydroxylation is 2. The van der Waals surface area contributed by atoms with Crippen LogP contribution in [-0.4, -0.2) is 28.5 Å². The number of para-hydroxylation sites is 1. The van der Waals surface area contributed by atoms with Crippen LogP contribution in [0.2, 0.25) is 0 Å². The molecule has 116 valence electrons. The minimum absolute atomic E-state index is 0.751. The van der Waals surface area contributed by atoms with Crippen LogP contribution in [0.4, 0.5) is 5.69 Å². The van der Waals surface area contributed by atoms with Gasteiger partial charge in [0.15, 0.2) is 0 Å². The first-order valence-corrected chi connectivity index (χ1v) is 7.71. The molecule has 1 aromatic heterocycles. The van der Waals surface area contributed by atoms with E-state index >= 15 is 0 Å². The van der Waals surface area contributed by atoms with Gasteiger partial charge in [-0.3, -0.25) is 0 Å². The molecule has 0 saturated heterocycles. The number of hydrogen-bond donors (Lipinski definition) is 0. The first-order valence-electron chi connectivity index (χ1n) is 7.71. The Labute approximate surface area is 132 Å². The molecule has 2 aromatic rings. The smallest absolute Gasteiger partial charge is 0.227 e. The number of guanidine groups is 1. The fourth-order valence-corrected chi connectivity index (χ4v) is 2.29. The van der Waals surface area contributed by atoms with Crippen LogP contribution in [0.5, 0.6) is 0 Å². The molecule has 0 N–H and O–H groups in total. The van der Waals surface area contributed by atoms with Gasteiger partial charge in [0.1, 0.15) is 5.49 Å². The molecule has 0 aliphatic rings. The van der Waals surface area contributed by atoms with Crippen LogP contribution in [-0.2, 0) is 7.05 Å². The van der Waals surface area contributed by atoms with Gasteiger partial charge in [0.05, 0.1) is 5.69 Å². The Hall–Kier alpha value is -2.36. The highest BCUT2D eigenvalue weighted by molar-refractivity contribution is 5.83. The Bertz CT molecular complexity index is 671. The second kappa shape index (κ2) is 7.59. The molecule has 0 amide bonds. The standard InChI is InChI=1S/C18H24N4/c1-5-22(6-2)18(19-16-12-8-7-9-13-16)20-17-15(3)11-10-14-21(17)4/h7-14H,5-6H2,1-4H3. The van der Waals surface area contributed by atoms with E-state index in [-0.39, 0.29) is 0 Å². The molecule has 4 heteroatoms. The Balaban J connectivity index is 2.57. The van der Waals surface area contributed by atoms with Crippen LogP contribution in [0.25, 0.3) is 0 Å². The fraction of sp³-hybridized carbons (Fsp3) is 0.333. The minimum atomic E-state index is 0.751. The van der Waals surface area contributed by atoms with Gasteiger partial charge in [-0.15, -0.1) is 0 Å². The summed E-state index contributed by atoms with van der Waals surface area (Å²) < 4.78 is 2.03. The highest BCUT2D eigenvalue weighted by Gasteiger charge is 2.07. The Morgan fingerprint density at radius 1 is 1.05 bits per heavy atom. The summed E-state index contributed by atoms with van der Waals surface area (Å²) in [6.07, 6.45) is 2.01. The van der Waals surface area contributed by atoms with Crippen molar-refractivity contribution in [2.45, 2.75) is 20.8 Å². The zero-order chi connectivity index (χ0) is 15.9. The molecule has 2 rings (SSSR count). The summed E-state index contributed by atoms with van der Waals surface area (Å²) in [5, 5.41) is 0. The van der Waals surface area contributed by atoms with Crippen molar-refractivity contribution in [3.05, 3.63) is 59.7 Å². The van der Waals surface area contributed by atoms with Gasteiger partial charge in [-0.2, -0.15) is 4.99 Å². The minimum Gasteiger partial charge on any atom is -0.341 e. The van der Waals surface area contributed by atoms with Gasteiger partial charge in [0, 0.05) is 26.3 Å². The molecule has 1 aromatic carbocycles. The summed E-state index contributed by atoms with van der Waals surface area (Å²) in [4.78, 5) is 11.7. The van der Waals surface area contributed by atoms with Crippen molar-refractivity contribution in [3.63, 3.8) is 0 Å². The molecule has 0 aliphatic heterocycles. The summed E-state index contributed by atoms with van der Waals surface area (Å²) >= 11 is 0. The third-order valence-corrected chi connectivity index (χ3v) is 3.58. The summed E-state index contributed by atoms with van der Waals surface area (Å²) in [6.45, 7) is 8.07. The van der Waals surface area contributed by atoms with Gasteiger partial charge >= 0.3 is 0 Å². The summed E-state index contributed by atoms with van der Waals surface area (Å²) in [5.41, 5.74) is 2.99. The second-order valence-electron chi connectivity index (χ2n) is 5.16. The number of nitrogens with zero attached hydrogens (tertiary/aromatic N) is 4. The Morgan fingerprint density at radius 3 is 2.32 bits per heavy atom. The highest BCUT2D eigenvalue weighted by Crippen LogP contribution is 2.11. The largest absolute Gasteiger partial charge is 0.341 e. The van der Waals surface area contributed by atoms with Crippen molar-refractivity contribution in [3.8, 4) is 0 Å².